The lowest BCUT2D eigenvalue weighted by atomic mass is 10.1. The molecule has 0 radical (unpaired) electrons. The van der Waals surface area contributed by atoms with E-state index in [0.29, 0.717) is 12.0 Å². The van der Waals surface area contributed by atoms with Crippen molar-refractivity contribution in [1.29, 1.82) is 0 Å². The van der Waals surface area contributed by atoms with E-state index in [1.807, 2.05) is 0 Å². The molecule has 5 nitrogen and oxygen atoms in total. The standard InChI is InChI=1S/C10H12N2O3/c1-6(14)9-5-8(3-4-13)10(7(2)15)12-11-9/h5,13H,3-4H2,1-2H3. The van der Waals surface area contributed by atoms with Gasteiger partial charge < -0.3 is 5.11 Å². The Labute approximate surface area is 87.1 Å². The normalized spacial score (nSPS) is 10.1. The molecule has 0 aliphatic rings. The van der Waals surface area contributed by atoms with Gasteiger partial charge in [-0.1, -0.05) is 0 Å². The Morgan fingerprint density at radius 3 is 2.40 bits per heavy atom. The van der Waals surface area contributed by atoms with Gasteiger partial charge in [0, 0.05) is 20.5 Å². The fraction of sp³-hybridized carbons (Fsp3) is 0.400. The van der Waals surface area contributed by atoms with Gasteiger partial charge in [-0.2, -0.15) is 0 Å². The molecule has 0 fully saturated rings. The Morgan fingerprint density at radius 2 is 1.93 bits per heavy atom. The van der Waals surface area contributed by atoms with Crippen LogP contribution in [0.2, 0.25) is 0 Å². The summed E-state index contributed by atoms with van der Waals surface area (Å²) in [7, 11) is 0. The molecule has 0 saturated heterocycles. The monoisotopic (exact) mass is 208 g/mol. The minimum Gasteiger partial charge on any atom is -0.396 e. The summed E-state index contributed by atoms with van der Waals surface area (Å²) >= 11 is 0. The van der Waals surface area contributed by atoms with Crippen LogP contribution in [0.25, 0.3) is 0 Å². The summed E-state index contributed by atoms with van der Waals surface area (Å²) in [6, 6.07) is 1.50. The van der Waals surface area contributed by atoms with Gasteiger partial charge in [0.1, 0.15) is 11.4 Å². The quantitative estimate of drug-likeness (QED) is 0.725. The molecule has 1 heterocycles. The predicted molar refractivity (Wildman–Crippen MR) is 52.8 cm³/mol. The van der Waals surface area contributed by atoms with Gasteiger partial charge in [-0.3, -0.25) is 9.59 Å². The van der Waals surface area contributed by atoms with Crippen LogP contribution in [0.3, 0.4) is 0 Å². The molecule has 1 N–H and O–H groups in total. The molecule has 1 aromatic rings. The van der Waals surface area contributed by atoms with E-state index >= 15 is 0 Å². The number of ketones is 2. The minimum atomic E-state index is -0.221. The van der Waals surface area contributed by atoms with E-state index in [9.17, 15) is 9.59 Å². The summed E-state index contributed by atoms with van der Waals surface area (Å²) in [6.45, 7) is 2.65. The molecule has 0 aliphatic carbocycles. The van der Waals surface area contributed by atoms with E-state index in [2.05, 4.69) is 10.2 Å². The first-order valence-electron chi connectivity index (χ1n) is 4.55. The zero-order valence-corrected chi connectivity index (χ0v) is 8.65. The average molecular weight is 208 g/mol. The number of carbonyl (C=O) groups is 2. The summed E-state index contributed by atoms with van der Waals surface area (Å²) < 4.78 is 0. The molecule has 1 rings (SSSR count). The van der Waals surface area contributed by atoms with Crippen molar-refractivity contribution in [3.8, 4) is 0 Å². The fourth-order valence-corrected chi connectivity index (χ4v) is 1.21. The molecule has 15 heavy (non-hydrogen) atoms. The molecule has 0 unspecified atom stereocenters. The van der Waals surface area contributed by atoms with E-state index in [0.717, 1.165) is 0 Å². The van der Waals surface area contributed by atoms with E-state index in [-0.39, 0.29) is 29.6 Å². The molecule has 0 aromatic carbocycles. The van der Waals surface area contributed by atoms with E-state index in [1.54, 1.807) is 0 Å². The van der Waals surface area contributed by atoms with Gasteiger partial charge in [-0.15, -0.1) is 10.2 Å². The highest BCUT2D eigenvalue weighted by atomic mass is 16.3. The van der Waals surface area contributed by atoms with Crippen LogP contribution in [0.15, 0.2) is 6.07 Å². The molecule has 0 bridgehead atoms. The molecule has 80 valence electrons. The molecular formula is C10H12N2O3. The SMILES string of the molecule is CC(=O)c1cc(CCO)c(C(C)=O)nn1. The van der Waals surface area contributed by atoms with Crippen molar-refractivity contribution in [3.63, 3.8) is 0 Å². The summed E-state index contributed by atoms with van der Waals surface area (Å²) in [4.78, 5) is 22.2. The van der Waals surface area contributed by atoms with Gasteiger partial charge in [0.15, 0.2) is 11.6 Å². The second-order valence-electron chi connectivity index (χ2n) is 3.19. The fourth-order valence-electron chi connectivity index (χ4n) is 1.21. The number of hydrogen-bond donors (Lipinski definition) is 1. The number of aromatic nitrogens is 2. The Hall–Kier alpha value is -1.62. The summed E-state index contributed by atoms with van der Waals surface area (Å²) in [5.41, 5.74) is 0.989. The van der Waals surface area contributed by atoms with Gasteiger partial charge >= 0.3 is 0 Å². The van der Waals surface area contributed by atoms with Crippen LogP contribution in [0.1, 0.15) is 40.4 Å². The summed E-state index contributed by atoms with van der Waals surface area (Å²) in [6.07, 6.45) is 0.296. The number of carbonyl (C=O) groups excluding carboxylic acids is 2. The first-order valence-corrected chi connectivity index (χ1v) is 4.55. The maximum absolute atomic E-state index is 11.2. The largest absolute Gasteiger partial charge is 0.396 e. The van der Waals surface area contributed by atoms with Crippen molar-refractivity contribution in [2.24, 2.45) is 0 Å². The Balaban J connectivity index is 3.20. The second kappa shape index (κ2) is 4.75. The third-order valence-electron chi connectivity index (χ3n) is 1.95. The van der Waals surface area contributed by atoms with Crippen LogP contribution in [0, 0.1) is 0 Å². The van der Waals surface area contributed by atoms with Gasteiger partial charge in [-0.05, 0) is 18.1 Å². The number of aliphatic hydroxyl groups excluding tert-OH is 1. The minimum absolute atomic E-state index is 0.0939. The van der Waals surface area contributed by atoms with Crippen LogP contribution < -0.4 is 0 Å². The summed E-state index contributed by atoms with van der Waals surface area (Å²) in [5, 5.41) is 16.1. The number of Topliss-reactive ketones (excluding diaryl/α,β-unsaturated/α-hetero) is 2. The lowest BCUT2D eigenvalue weighted by molar-refractivity contribution is 0.0991. The first-order chi connectivity index (χ1) is 7.06. The highest BCUT2D eigenvalue weighted by Crippen LogP contribution is 2.09. The molecule has 0 amide bonds. The first kappa shape index (κ1) is 11.5. The Bertz CT molecular complexity index is 402. The third-order valence-corrected chi connectivity index (χ3v) is 1.95. The molecule has 5 heteroatoms. The van der Waals surface area contributed by atoms with E-state index < -0.39 is 0 Å². The molecule has 1 aromatic heterocycles. The van der Waals surface area contributed by atoms with Gasteiger partial charge in [0.05, 0.1) is 0 Å². The van der Waals surface area contributed by atoms with Crippen LogP contribution >= 0.6 is 0 Å². The van der Waals surface area contributed by atoms with Gasteiger partial charge in [0.25, 0.3) is 0 Å². The van der Waals surface area contributed by atoms with Crippen molar-refractivity contribution >= 4 is 11.6 Å². The maximum atomic E-state index is 11.2. The van der Waals surface area contributed by atoms with Crippen molar-refractivity contribution in [2.75, 3.05) is 6.61 Å². The zero-order valence-electron chi connectivity index (χ0n) is 8.65. The number of nitrogens with zero attached hydrogens (tertiary/aromatic N) is 2. The van der Waals surface area contributed by atoms with E-state index in [1.165, 1.54) is 19.9 Å². The summed E-state index contributed by atoms with van der Waals surface area (Å²) in [5.74, 6) is -0.433. The molecule has 0 saturated carbocycles. The van der Waals surface area contributed by atoms with Crippen LogP contribution in [0.5, 0.6) is 0 Å². The number of rotatable bonds is 4. The number of hydrogen-bond acceptors (Lipinski definition) is 5. The van der Waals surface area contributed by atoms with Crippen LogP contribution in [-0.2, 0) is 6.42 Å². The smallest absolute Gasteiger partial charge is 0.180 e. The molecule has 0 atom stereocenters. The highest BCUT2D eigenvalue weighted by molar-refractivity contribution is 5.95. The highest BCUT2D eigenvalue weighted by Gasteiger charge is 2.12. The van der Waals surface area contributed by atoms with Crippen molar-refractivity contribution < 1.29 is 14.7 Å². The van der Waals surface area contributed by atoms with Crippen molar-refractivity contribution in [3.05, 3.63) is 23.0 Å². The Kier molecular flexibility index (Phi) is 3.62. The van der Waals surface area contributed by atoms with Crippen LogP contribution in [-0.4, -0.2) is 33.5 Å². The van der Waals surface area contributed by atoms with E-state index in [4.69, 9.17) is 5.11 Å². The third kappa shape index (κ3) is 2.66. The maximum Gasteiger partial charge on any atom is 0.180 e. The lowest BCUT2D eigenvalue weighted by Gasteiger charge is -2.04. The number of aliphatic hydroxyl groups is 1. The van der Waals surface area contributed by atoms with Gasteiger partial charge in [0.2, 0.25) is 0 Å². The second-order valence-corrected chi connectivity index (χ2v) is 3.19. The Morgan fingerprint density at radius 1 is 1.27 bits per heavy atom. The molecular weight excluding hydrogens is 196 g/mol. The van der Waals surface area contributed by atoms with Crippen molar-refractivity contribution in [1.82, 2.24) is 10.2 Å². The van der Waals surface area contributed by atoms with Gasteiger partial charge in [-0.25, -0.2) is 0 Å². The van der Waals surface area contributed by atoms with Crippen LogP contribution in [0.4, 0.5) is 0 Å². The zero-order chi connectivity index (χ0) is 11.4. The molecule has 0 aliphatic heterocycles. The predicted octanol–water partition coefficient (Wildman–Crippen LogP) is 0.417. The topological polar surface area (TPSA) is 80.1 Å². The molecule has 0 spiro atoms. The van der Waals surface area contributed by atoms with Crippen molar-refractivity contribution in [2.45, 2.75) is 20.3 Å². The average Bonchev–Trinajstić information content (AvgIpc) is 2.17. The lowest BCUT2D eigenvalue weighted by Crippen LogP contribution is -2.10.